The predicted octanol–water partition coefficient (Wildman–Crippen LogP) is 1.49. The fourth-order valence-corrected chi connectivity index (χ4v) is 0. The molecule has 0 nitrogen and oxygen atoms in total. The largest absolute Gasteiger partial charge is 0.0530 e. The Morgan fingerprint density at radius 3 is 1.60 bits per heavy atom. The lowest BCUT2D eigenvalue weighted by Gasteiger charge is -1.89. The van der Waals surface area contributed by atoms with Gasteiger partial charge in [0.2, 0.25) is 0 Å². The lowest BCUT2D eigenvalue weighted by atomic mass is 10.2. The van der Waals surface area contributed by atoms with Crippen LogP contribution in [0.4, 0.5) is 0 Å². The van der Waals surface area contributed by atoms with Gasteiger partial charge in [0.05, 0.1) is 0 Å². The summed E-state index contributed by atoms with van der Waals surface area (Å²) in [7, 11) is 0. The van der Waals surface area contributed by atoms with Crippen molar-refractivity contribution in [3.8, 4) is 0 Å². The summed E-state index contributed by atoms with van der Waals surface area (Å²) in [5.41, 5.74) is 0. The van der Waals surface area contributed by atoms with Crippen LogP contribution in [0.1, 0.15) is 6.42 Å². The summed E-state index contributed by atoms with van der Waals surface area (Å²) >= 11 is 0. The van der Waals surface area contributed by atoms with E-state index in [-0.39, 0.29) is 5.92 Å². The lowest BCUT2D eigenvalue weighted by Crippen LogP contribution is -1.79. The summed E-state index contributed by atoms with van der Waals surface area (Å²) in [4.78, 5) is 0. The van der Waals surface area contributed by atoms with Crippen molar-refractivity contribution in [2.75, 3.05) is 0 Å². The first kappa shape index (κ1) is 5.00. The zero-order valence-corrected chi connectivity index (χ0v) is 3.41. The fraction of sp³-hybridized carbons (Fsp3) is 0.400. The van der Waals surface area contributed by atoms with Gasteiger partial charge in [-0.1, -0.05) is 27.2 Å². The molecule has 0 heterocycles. The summed E-state index contributed by atoms with van der Waals surface area (Å²) in [6, 6.07) is 0. The average molecular weight is 69.1 g/mol. The van der Waals surface area contributed by atoms with E-state index >= 15 is 0 Å². The molecule has 0 aromatic rings. The molecule has 0 fully saturated rings. The molecular formula is C5H9. The minimum Gasteiger partial charge on any atom is -0.0530 e. The SMILES string of the molecule is [CH2]CC([CH2])[CH2]. The molecule has 0 aromatic carbocycles. The zero-order valence-electron chi connectivity index (χ0n) is 3.41. The van der Waals surface area contributed by atoms with Gasteiger partial charge < -0.3 is 0 Å². The van der Waals surface area contributed by atoms with E-state index in [0.717, 1.165) is 6.42 Å². The van der Waals surface area contributed by atoms with E-state index in [0.29, 0.717) is 0 Å². The molecule has 0 atom stereocenters. The third kappa shape index (κ3) is 4.00. The molecule has 0 heteroatoms. The van der Waals surface area contributed by atoms with E-state index in [2.05, 4.69) is 20.8 Å². The second-order valence-corrected chi connectivity index (χ2v) is 1.15. The smallest absolute Gasteiger partial charge is 0.0414 e. The Labute approximate surface area is 34.2 Å². The van der Waals surface area contributed by atoms with Gasteiger partial charge in [-0.3, -0.25) is 0 Å². The molecular weight excluding hydrogens is 60.1 g/mol. The van der Waals surface area contributed by atoms with Crippen molar-refractivity contribution in [1.82, 2.24) is 0 Å². The molecule has 0 aliphatic heterocycles. The van der Waals surface area contributed by atoms with Crippen LogP contribution in [0.25, 0.3) is 0 Å². The summed E-state index contributed by atoms with van der Waals surface area (Å²) in [5.74, 6) is 0.273. The Morgan fingerprint density at radius 1 is 1.40 bits per heavy atom. The fourth-order valence-electron chi connectivity index (χ4n) is 0. The third-order valence-corrected chi connectivity index (χ3v) is 0.408. The van der Waals surface area contributed by atoms with Crippen LogP contribution in [-0.4, -0.2) is 0 Å². The first-order valence-electron chi connectivity index (χ1n) is 1.72. The van der Waals surface area contributed by atoms with E-state index in [1.807, 2.05) is 0 Å². The molecule has 0 amide bonds. The van der Waals surface area contributed by atoms with Crippen molar-refractivity contribution in [3.63, 3.8) is 0 Å². The summed E-state index contributed by atoms with van der Waals surface area (Å²) in [5, 5.41) is 0. The van der Waals surface area contributed by atoms with E-state index in [9.17, 15) is 0 Å². The first-order valence-corrected chi connectivity index (χ1v) is 1.72. The van der Waals surface area contributed by atoms with Crippen molar-refractivity contribution in [2.45, 2.75) is 6.42 Å². The minimum absolute atomic E-state index is 0.273. The monoisotopic (exact) mass is 69.1 g/mol. The maximum atomic E-state index is 3.58. The second kappa shape index (κ2) is 2.25. The average Bonchev–Trinajstić information content (AvgIpc) is 1.38. The Hall–Kier alpha value is 0. The zero-order chi connectivity index (χ0) is 4.28. The minimum atomic E-state index is 0.273. The van der Waals surface area contributed by atoms with Crippen LogP contribution < -0.4 is 0 Å². The first-order chi connectivity index (χ1) is 2.27. The molecule has 0 aliphatic rings. The molecule has 0 spiro atoms. The summed E-state index contributed by atoms with van der Waals surface area (Å²) < 4.78 is 0. The predicted molar refractivity (Wildman–Crippen MR) is 24.2 cm³/mol. The van der Waals surface area contributed by atoms with Crippen LogP contribution in [0, 0.1) is 26.7 Å². The maximum absolute atomic E-state index is 3.58. The maximum Gasteiger partial charge on any atom is -0.0414 e. The Bertz CT molecular complexity index is 14.0. The summed E-state index contributed by atoms with van der Waals surface area (Å²) in [6.07, 6.45) is 0.833. The van der Waals surface area contributed by atoms with Crippen LogP contribution in [0.15, 0.2) is 0 Å². The highest BCUT2D eigenvalue weighted by atomic mass is 13.9. The van der Waals surface area contributed by atoms with E-state index in [1.165, 1.54) is 0 Å². The van der Waals surface area contributed by atoms with Crippen LogP contribution >= 0.6 is 0 Å². The van der Waals surface area contributed by atoms with E-state index in [1.54, 1.807) is 0 Å². The van der Waals surface area contributed by atoms with Crippen molar-refractivity contribution in [2.24, 2.45) is 5.92 Å². The third-order valence-electron chi connectivity index (χ3n) is 0.408. The van der Waals surface area contributed by atoms with Crippen LogP contribution in [0.2, 0.25) is 0 Å². The highest BCUT2D eigenvalue weighted by molar-refractivity contribution is 4.62. The van der Waals surface area contributed by atoms with Crippen LogP contribution in [0.5, 0.6) is 0 Å². The Kier molecular flexibility index (Phi) is 2.25. The summed E-state index contributed by atoms with van der Waals surface area (Å²) in [6.45, 7) is 10.7. The molecule has 3 radical (unpaired) electrons. The van der Waals surface area contributed by atoms with Gasteiger partial charge in [-0.2, -0.15) is 0 Å². The lowest BCUT2D eigenvalue weighted by molar-refractivity contribution is 0.821. The molecule has 0 aromatic heterocycles. The molecule has 0 N–H and O–H groups in total. The Balaban J connectivity index is 2.54. The quantitative estimate of drug-likeness (QED) is 0.437. The van der Waals surface area contributed by atoms with Crippen LogP contribution in [0.3, 0.4) is 0 Å². The van der Waals surface area contributed by atoms with Gasteiger partial charge in [-0.25, -0.2) is 0 Å². The normalized spacial score (nSPS) is 9.60. The molecule has 29 valence electrons. The van der Waals surface area contributed by atoms with Gasteiger partial charge in [0.1, 0.15) is 0 Å². The number of rotatable bonds is 1. The van der Waals surface area contributed by atoms with Crippen molar-refractivity contribution in [1.29, 1.82) is 0 Å². The molecule has 0 aliphatic carbocycles. The topological polar surface area (TPSA) is 0 Å². The second-order valence-electron chi connectivity index (χ2n) is 1.15. The molecule has 0 unspecified atom stereocenters. The molecule has 0 saturated heterocycles. The molecule has 0 rings (SSSR count). The van der Waals surface area contributed by atoms with E-state index < -0.39 is 0 Å². The van der Waals surface area contributed by atoms with E-state index in [4.69, 9.17) is 0 Å². The van der Waals surface area contributed by atoms with Gasteiger partial charge in [-0.05, 0) is 5.92 Å². The van der Waals surface area contributed by atoms with Gasteiger partial charge in [0.25, 0.3) is 0 Å². The van der Waals surface area contributed by atoms with Crippen molar-refractivity contribution < 1.29 is 0 Å². The van der Waals surface area contributed by atoms with Crippen molar-refractivity contribution in [3.05, 3.63) is 20.8 Å². The molecule has 0 saturated carbocycles. The van der Waals surface area contributed by atoms with Crippen LogP contribution in [-0.2, 0) is 0 Å². The Morgan fingerprint density at radius 2 is 1.60 bits per heavy atom. The number of hydrogen-bond acceptors (Lipinski definition) is 0. The highest BCUT2D eigenvalue weighted by Gasteiger charge is 1.80. The van der Waals surface area contributed by atoms with Gasteiger partial charge in [0.15, 0.2) is 0 Å². The van der Waals surface area contributed by atoms with Crippen molar-refractivity contribution >= 4 is 0 Å². The van der Waals surface area contributed by atoms with Gasteiger partial charge in [-0.15, -0.1) is 0 Å². The molecule has 0 bridgehead atoms. The standard InChI is InChI=1S/C5H9/c1-4-5(2)3/h5H,1-4H2. The highest BCUT2D eigenvalue weighted by Crippen LogP contribution is 1.91. The van der Waals surface area contributed by atoms with Gasteiger partial charge in [0, 0.05) is 0 Å². The molecule has 5 heavy (non-hydrogen) atoms. The van der Waals surface area contributed by atoms with Gasteiger partial charge >= 0.3 is 0 Å². The number of hydrogen-bond donors (Lipinski definition) is 0.